The predicted molar refractivity (Wildman–Crippen MR) is 54.4 cm³/mol. The van der Waals surface area contributed by atoms with Crippen LogP contribution in [0.5, 0.6) is 0 Å². The van der Waals surface area contributed by atoms with E-state index in [1.54, 1.807) is 0 Å². The molecule has 1 rings (SSSR count). The van der Waals surface area contributed by atoms with Crippen LogP contribution >= 0.6 is 0 Å². The summed E-state index contributed by atoms with van der Waals surface area (Å²) >= 11 is 0. The van der Waals surface area contributed by atoms with Crippen LogP contribution in [-0.4, -0.2) is 36.0 Å². The van der Waals surface area contributed by atoms with Gasteiger partial charge < -0.3 is 16.2 Å². The number of carboxylic acid groups (broad SMARTS) is 1. The fourth-order valence-electron chi connectivity index (χ4n) is 1.33. The molecule has 80 valence electrons. The first-order chi connectivity index (χ1) is 6.70. The van der Waals surface area contributed by atoms with Gasteiger partial charge in [0.05, 0.1) is 5.84 Å². The third kappa shape index (κ3) is 3.74. The van der Waals surface area contributed by atoms with E-state index < -0.39 is 12.0 Å². The lowest BCUT2D eigenvalue weighted by Crippen LogP contribution is -2.42. The summed E-state index contributed by atoms with van der Waals surface area (Å²) in [5.41, 5.74) is 5.36. The highest BCUT2D eigenvalue weighted by molar-refractivity contribution is 5.83. The van der Waals surface area contributed by atoms with Crippen molar-refractivity contribution in [1.29, 1.82) is 0 Å². The molecule has 5 heteroatoms. The topological polar surface area (TPSA) is 87.7 Å². The molecule has 0 saturated heterocycles. The molecule has 5 nitrogen and oxygen atoms in total. The van der Waals surface area contributed by atoms with E-state index in [0.717, 1.165) is 31.6 Å². The van der Waals surface area contributed by atoms with Crippen molar-refractivity contribution in [1.82, 2.24) is 5.32 Å². The Morgan fingerprint density at radius 2 is 2.36 bits per heavy atom. The number of nitrogens with two attached hydrogens (primary N) is 1. The predicted octanol–water partition coefficient (Wildman–Crippen LogP) is -0.0396. The number of nitrogens with zero attached hydrogens (tertiary/aromatic N) is 1. The third-order valence-electron chi connectivity index (χ3n) is 2.22. The van der Waals surface area contributed by atoms with E-state index >= 15 is 0 Å². The Bertz CT molecular complexity index is 228. The van der Waals surface area contributed by atoms with Gasteiger partial charge in [-0.3, -0.25) is 9.79 Å². The molecule has 1 aliphatic heterocycles. The van der Waals surface area contributed by atoms with Crippen LogP contribution in [0.25, 0.3) is 0 Å². The number of aliphatic imine (C=N–C) groups is 1. The van der Waals surface area contributed by atoms with Gasteiger partial charge in [0.2, 0.25) is 0 Å². The number of carboxylic acids is 1. The van der Waals surface area contributed by atoms with Gasteiger partial charge in [0.15, 0.2) is 0 Å². The summed E-state index contributed by atoms with van der Waals surface area (Å²) in [5.74, 6) is -0.0779. The fraction of sp³-hybridized carbons (Fsp3) is 0.778. The highest BCUT2D eigenvalue weighted by atomic mass is 16.4. The molecule has 1 atom stereocenters. The van der Waals surface area contributed by atoms with Crippen molar-refractivity contribution in [3.8, 4) is 0 Å². The van der Waals surface area contributed by atoms with E-state index in [4.69, 9.17) is 10.8 Å². The van der Waals surface area contributed by atoms with Gasteiger partial charge in [0.25, 0.3) is 0 Å². The van der Waals surface area contributed by atoms with Gasteiger partial charge in [-0.2, -0.15) is 0 Å². The van der Waals surface area contributed by atoms with Crippen molar-refractivity contribution in [3.05, 3.63) is 0 Å². The summed E-state index contributed by atoms with van der Waals surface area (Å²) in [6, 6.07) is -0.846. The van der Waals surface area contributed by atoms with Gasteiger partial charge in [0, 0.05) is 19.5 Å². The highest BCUT2D eigenvalue weighted by Crippen LogP contribution is 2.05. The lowest BCUT2D eigenvalue weighted by molar-refractivity contribution is -0.138. The molecule has 0 radical (unpaired) electrons. The number of nitrogens with one attached hydrogen (secondary N) is 1. The number of carbonyl (C=O) groups is 1. The minimum absolute atomic E-state index is 0.258. The lowest BCUT2D eigenvalue weighted by Gasteiger charge is -2.10. The van der Waals surface area contributed by atoms with Crippen LogP contribution in [0.3, 0.4) is 0 Å². The van der Waals surface area contributed by atoms with E-state index in [2.05, 4.69) is 10.3 Å². The van der Waals surface area contributed by atoms with Crippen molar-refractivity contribution >= 4 is 11.8 Å². The molecule has 0 aliphatic carbocycles. The molecule has 0 fully saturated rings. The first-order valence-corrected chi connectivity index (χ1v) is 4.95. The zero-order valence-corrected chi connectivity index (χ0v) is 8.20. The summed E-state index contributed by atoms with van der Waals surface area (Å²) in [7, 11) is 0. The quantitative estimate of drug-likeness (QED) is 0.595. The second-order valence-corrected chi connectivity index (χ2v) is 3.46. The van der Waals surface area contributed by atoms with Crippen LogP contribution in [-0.2, 0) is 4.79 Å². The summed E-state index contributed by atoms with van der Waals surface area (Å²) in [4.78, 5) is 14.7. The number of aliphatic carboxylic acids is 1. The number of hydrogen-bond acceptors (Lipinski definition) is 4. The van der Waals surface area contributed by atoms with E-state index in [1.807, 2.05) is 0 Å². The zero-order chi connectivity index (χ0) is 10.4. The number of hydrogen-bond donors (Lipinski definition) is 3. The molecule has 14 heavy (non-hydrogen) atoms. The van der Waals surface area contributed by atoms with E-state index in [1.165, 1.54) is 6.42 Å². The smallest absolute Gasteiger partial charge is 0.322 e. The normalized spacial score (nSPS) is 19.4. The van der Waals surface area contributed by atoms with E-state index in [9.17, 15) is 4.79 Å². The minimum Gasteiger partial charge on any atom is -0.480 e. The van der Waals surface area contributed by atoms with E-state index in [0.29, 0.717) is 0 Å². The van der Waals surface area contributed by atoms with Crippen molar-refractivity contribution in [2.24, 2.45) is 10.7 Å². The van der Waals surface area contributed by atoms with Gasteiger partial charge in [-0.05, 0) is 12.8 Å². The Morgan fingerprint density at radius 3 is 3.07 bits per heavy atom. The number of amidine groups is 1. The highest BCUT2D eigenvalue weighted by Gasteiger charge is 2.12. The first kappa shape index (κ1) is 11.0. The average Bonchev–Trinajstić information content (AvgIpc) is 2.42. The maximum Gasteiger partial charge on any atom is 0.322 e. The molecule has 4 N–H and O–H groups in total. The second-order valence-electron chi connectivity index (χ2n) is 3.46. The Kier molecular flexibility index (Phi) is 4.39. The molecule has 0 spiro atoms. The maximum absolute atomic E-state index is 10.4. The molecule has 0 aromatic rings. The fourth-order valence-corrected chi connectivity index (χ4v) is 1.33. The van der Waals surface area contributed by atoms with Gasteiger partial charge >= 0.3 is 5.97 Å². The van der Waals surface area contributed by atoms with Crippen LogP contribution in [0.1, 0.15) is 25.7 Å². The average molecular weight is 199 g/mol. The lowest BCUT2D eigenvalue weighted by atomic mass is 10.2. The first-order valence-electron chi connectivity index (χ1n) is 4.95. The summed E-state index contributed by atoms with van der Waals surface area (Å²) in [5, 5.41) is 11.5. The Hall–Kier alpha value is -1.10. The van der Waals surface area contributed by atoms with Crippen LogP contribution < -0.4 is 11.1 Å². The van der Waals surface area contributed by atoms with Gasteiger partial charge in [-0.25, -0.2) is 0 Å². The van der Waals surface area contributed by atoms with Gasteiger partial charge in [-0.1, -0.05) is 6.42 Å². The SMILES string of the molecule is NC(CNC1=NCCCCC1)C(=O)O. The Labute approximate surface area is 83.4 Å². The van der Waals surface area contributed by atoms with Gasteiger partial charge in [-0.15, -0.1) is 0 Å². The Balaban J connectivity index is 2.29. The van der Waals surface area contributed by atoms with Crippen LogP contribution in [0.15, 0.2) is 4.99 Å². The molecule has 0 bridgehead atoms. The molecule has 0 amide bonds. The zero-order valence-electron chi connectivity index (χ0n) is 8.20. The molecular weight excluding hydrogens is 182 g/mol. The minimum atomic E-state index is -0.980. The second kappa shape index (κ2) is 5.59. The largest absolute Gasteiger partial charge is 0.480 e. The number of rotatable bonds is 3. The van der Waals surface area contributed by atoms with E-state index in [-0.39, 0.29) is 6.54 Å². The van der Waals surface area contributed by atoms with Crippen LogP contribution in [0.4, 0.5) is 0 Å². The third-order valence-corrected chi connectivity index (χ3v) is 2.22. The molecule has 0 saturated carbocycles. The molecule has 1 heterocycles. The molecular formula is C9H17N3O2. The standard InChI is InChI=1S/C9H17N3O2/c10-7(9(13)14)6-12-8-4-2-1-3-5-11-8/h7H,1-6,10H2,(H,11,12)(H,13,14). The summed E-state index contributed by atoms with van der Waals surface area (Å²) in [6.45, 7) is 1.10. The van der Waals surface area contributed by atoms with Crippen molar-refractivity contribution in [3.63, 3.8) is 0 Å². The van der Waals surface area contributed by atoms with Gasteiger partial charge in [0.1, 0.15) is 6.04 Å². The maximum atomic E-state index is 10.4. The van der Waals surface area contributed by atoms with Crippen molar-refractivity contribution in [2.75, 3.05) is 13.1 Å². The molecule has 0 aromatic heterocycles. The monoisotopic (exact) mass is 199 g/mol. The molecule has 1 aliphatic rings. The van der Waals surface area contributed by atoms with Crippen molar-refractivity contribution < 1.29 is 9.90 Å². The summed E-state index contributed by atoms with van der Waals surface area (Å²) < 4.78 is 0. The Morgan fingerprint density at radius 1 is 1.57 bits per heavy atom. The molecule has 1 unspecified atom stereocenters. The van der Waals surface area contributed by atoms with Crippen molar-refractivity contribution in [2.45, 2.75) is 31.7 Å². The molecule has 0 aromatic carbocycles. The summed E-state index contributed by atoms with van der Waals surface area (Å²) in [6.07, 6.45) is 4.34. The van der Waals surface area contributed by atoms with Crippen LogP contribution in [0, 0.1) is 0 Å². The van der Waals surface area contributed by atoms with Crippen LogP contribution in [0.2, 0.25) is 0 Å².